The molecule has 1 amide bonds. The molecule has 134 valence electrons. The van der Waals surface area contributed by atoms with Crippen molar-refractivity contribution in [3.8, 4) is 0 Å². The van der Waals surface area contributed by atoms with Gasteiger partial charge in [0.2, 0.25) is 0 Å². The summed E-state index contributed by atoms with van der Waals surface area (Å²) >= 11 is 1.21. The summed E-state index contributed by atoms with van der Waals surface area (Å²) in [6.45, 7) is 3.73. The average Bonchev–Trinajstić information content (AvgIpc) is 3.24. The Morgan fingerprint density at radius 2 is 2.24 bits per heavy atom. The summed E-state index contributed by atoms with van der Waals surface area (Å²) in [4.78, 5) is 22.4. The third-order valence-corrected chi connectivity index (χ3v) is 5.19. The number of aryl methyl sites for hydroxylation is 1. The zero-order valence-electron chi connectivity index (χ0n) is 15.1. The first kappa shape index (κ1) is 17.9. The Balaban J connectivity index is 1.78. The van der Waals surface area contributed by atoms with Crippen LogP contribution in [0.2, 0.25) is 0 Å². The second-order valence-corrected chi connectivity index (χ2v) is 7.54. The maximum atomic E-state index is 13.0. The van der Waals surface area contributed by atoms with Crippen LogP contribution in [0.3, 0.4) is 0 Å². The molecule has 3 rings (SSSR count). The fraction of sp³-hybridized carbons (Fsp3) is 0.556. The summed E-state index contributed by atoms with van der Waals surface area (Å²) in [6, 6.07) is 4.23. The van der Waals surface area contributed by atoms with Gasteiger partial charge in [-0.2, -0.15) is 0 Å². The van der Waals surface area contributed by atoms with Crippen LogP contribution in [0.25, 0.3) is 0 Å². The van der Waals surface area contributed by atoms with E-state index in [-0.39, 0.29) is 11.9 Å². The number of likely N-dealkylation sites (tertiary alicyclic amines) is 1. The second-order valence-electron chi connectivity index (χ2n) is 6.78. The molecule has 1 aliphatic rings. The van der Waals surface area contributed by atoms with Crippen molar-refractivity contribution in [2.75, 3.05) is 20.6 Å². The van der Waals surface area contributed by atoms with E-state index in [1.807, 2.05) is 25.2 Å². The van der Waals surface area contributed by atoms with E-state index in [4.69, 9.17) is 0 Å². The van der Waals surface area contributed by atoms with Crippen molar-refractivity contribution in [2.45, 2.75) is 45.2 Å². The molecule has 0 aliphatic carbocycles. The normalized spacial score (nSPS) is 17.4. The molecule has 2 aromatic rings. The number of carbonyl (C=O) groups excluding carboxylic acids is 1. The molecule has 3 heterocycles. The van der Waals surface area contributed by atoms with Gasteiger partial charge < -0.3 is 9.80 Å². The van der Waals surface area contributed by atoms with Crippen molar-refractivity contribution in [1.29, 1.82) is 0 Å². The molecule has 0 unspecified atom stereocenters. The van der Waals surface area contributed by atoms with Gasteiger partial charge in [-0.3, -0.25) is 9.78 Å². The predicted molar refractivity (Wildman–Crippen MR) is 98.5 cm³/mol. The maximum absolute atomic E-state index is 13.0. The molecule has 7 heteroatoms. The highest BCUT2D eigenvalue weighted by Crippen LogP contribution is 2.33. The molecule has 0 radical (unpaired) electrons. The molecule has 1 saturated heterocycles. The Bertz CT molecular complexity index is 713. The number of pyridine rings is 1. The van der Waals surface area contributed by atoms with Crippen LogP contribution >= 0.6 is 11.5 Å². The van der Waals surface area contributed by atoms with Gasteiger partial charge in [0, 0.05) is 19.3 Å². The van der Waals surface area contributed by atoms with Crippen molar-refractivity contribution in [3.63, 3.8) is 0 Å². The van der Waals surface area contributed by atoms with Gasteiger partial charge in [0.1, 0.15) is 4.88 Å². The molecule has 6 nitrogen and oxygen atoms in total. The average molecular weight is 359 g/mol. The Hall–Kier alpha value is -1.86. The van der Waals surface area contributed by atoms with Crippen molar-refractivity contribution >= 4 is 17.4 Å². The highest BCUT2D eigenvalue weighted by atomic mass is 32.1. The van der Waals surface area contributed by atoms with Crippen molar-refractivity contribution < 1.29 is 4.79 Å². The number of hydrogen-bond donors (Lipinski definition) is 0. The molecule has 1 fully saturated rings. The van der Waals surface area contributed by atoms with Crippen LogP contribution in [0, 0.1) is 0 Å². The van der Waals surface area contributed by atoms with E-state index in [0.29, 0.717) is 4.88 Å². The zero-order valence-corrected chi connectivity index (χ0v) is 15.9. The summed E-state index contributed by atoms with van der Waals surface area (Å²) in [5, 5.41) is 4.14. The predicted octanol–water partition coefficient (Wildman–Crippen LogP) is 2.92. The Kier molecular flexibility index (Phi) is 5.75. The molecule has 2 aromatic heterocycles. The van der Waals surface area contributed by atoms with Crippen molar-refractivity contribution in [2.24, 2.45) is 0 Å². The Morgan fingerprint density at radius 1 is 1.40 bits per heavy atom. The summed E-state index contributed by atoms with van der Waals surface area (Å²) in [6.07, 6.45) is 5.65. The molecule has 0 spiro atoms. The van der Waals surface area contributed by atoms with Gasteiger partial charge in [-0.15, -0.1) is 5.10 Å². The third kappa shape index (κ3) is 4.04. The topological polar surface area (TPSA) is 62.2 Å². The molecular formula is C18H25N5OS. The fourth-order valence-electron chi connectivity index (χ4n) is 3.31. The van der Waals surface area contributed by atoms with Gasteiger partial charge in [0.15, 0.2) is 0 Å². The monoisotopic (exact) mass is 359 g/mol. The molecule has 1 aliphatic heterocycles. The van der Waals surface area contributed by atoms with Crippen molar-refractivity contribution in [1.82, 2.24) is 24.4 Å². The number of rotatable bonds is 6. The number of carbonyl (C=O) groups is 1. The Morgan fingerprint density at radius 3 is 2.92 bits per heavy atom. The van der Waals surface area contributed by atoms with E-state index < -0.39 is 0 Å². The first-order valence-corrected chi connectivity index (χ1v) is 9.59. The van der Waals surface area contributed by atoms with Gasteiger partial charge in [0.05, 0.1) is 17.4 Å². The third-order valence-electron chi connectivity index (χ3n) is 4.44. The number of nitrogens with zero attached hydrogens (tertiary/aromatic N) is 5. The quantitative estimate of drug-likeness (QED) is 0.793. The smallest absolute Gasteiger partial charge is 0.268 e. The minimum atomic E-state index is 0.0532. The van der Waals surface area contributed by atoms with Gasteiger partial charge in [-0.05, 0) is 56.5 Å². The summed E-state index contributed by atoms with van der Waals surface area (Å²) in [5.41, 5.74) is 2.99. The van der Waals surface area contributed by atoms with Gasteiger partial charge >= 0.3 is 0 Å². The van der Waals surface area contributed by atoms with Crippen LogP contribution in [0.1, 0.15) is 58.9 Å². The minimum Gasteiger partial charge on any atom is -0.329 e. The van der Waals surface area contributed by atoms with Crippen LogP contribution in [-0.2, 0) is 13.0 Å². The van der Waals surface area contributed by atoms with E-state index in [9.17, 15) is 4.79 Å². The van der Waals surface area contributed by atoms with E-state index >= 15 is 0 Å². The largest absolute Gasteiger partial charge is 0.329 e. The fourth-order valence-corrected chi connectivity index (χ4v) is 3.98. The zero-order chi connectivity index (χ0) is 17.8. The number of hydrogen-bond acceptors (Lipinski definition) is 6. The summed E-state index contributed by atoms with van der Waals surface area (Å²) in [7, 11) is 4.09. The lowest BCUT2D eigenvalue weighted by atomic mass is 10.1. The molecule has 0 N–H and O–H groups in total. The maximum Gasteiger partial charge on any atom is 0.268 e. The van der Waals surface area contributed by atoms with Crippen LogP contribution in [0.15, 0.2) is 18.3 Å². The molecule has 25 heavy (non-hydrogen) atoms. The van der Waals surface area contributed by atoms with E-state index in [1.165, 1.54) is 17.1 Å². The molecule has 1 atom stereocenters. The van der Waals surface area contributed by atoms with E-state index in [1.54, 1.807) is 0 Å². The Labute approximate surface area is 153 Å². The lowest BCUT2D eigenvalue weighted by molar-refractivity contribution is 0.0736. The van der Waals surface area contributed by atoms with Crippen LogP contribution in [0.5, 0.6) is 0 Å². The summed E-state index contributed by atoms with van der Waals surface area (Å²) in [5.74, 6) is 0.0557. The first-order valence-electron chi connectivity index (χ1n) is 8.82. The van der Waals surface area contributed by atoms with Crippen LogP contribution in [-0.4, -0.2) is 50.9 Å². The minimum absolute atomic E-state index is 0.0532. The number of aromatic nitrogens is 3. The molecule has 0 aromatic carbocycles. The second kappa shape index (κ2) is 8.01. The lowest BCUT2D eigenvalue weighted by Gasteiger charge is -2.24. The highest BCUT2D eigenvalue weighted by Gasteiger charge is 2.33. The van der Waals surface area contributed by atoms with Crippen LogP contribution < -0.4 is 0 Å². The van der Waals surface area contributed by atoms with Gasteiger partial charge in [0.25, 0.3) is 5.91 Å². The van der Waals surface area contributed by atoms with E-state index in [2.05, 4.69) is 38.5 Å². The van der Waals surface area contributed by atoms with Crippen LogP contribution in [0.4, 0.5) is 0 Å². The first-order chi connectivity index (χ1) is 12.1. The molecule has 0 saturated carbocycles. The molecular weight excluding hydrogens is 334 g/mol. The van der Waals surface area contributed by atoms with Crippen molar-refractivity contribution in [3.05, 3.63) is 40.2 Å². The highest BCUT2D eigenvalue weighted by molar-refractivity contribution is 7.08. The standard InChI is InChI=1S/C18H25N5OS/c1-4-6-15-17(25-21-20-15)18(24)23-10-5-7-16(23)14-9-8-13(11-19-14)12-22(2)3/h8-9,11,16H,4-7,10,12H2,1-3H3/t16-/m1/s1. The number of amides is 1. The lowest BCUT2D eigenvalue weighted by Crippen LogP contribution is -2.31. The molecule has 0 bridgehead atoms. The van der Waals surface area contributed by atoms with Gasteiger partial charge in [-0.25, -0.2) is 0 Å². The van der Waals surface area contributed by atoms with Gasteiger partial charge in [-0.1, -0.05) is 23.9 Å². The van der Waals surface area contributed by atoms with E-state index in [0.717, 1.165) is 50.2 Å². The summed E-state index contributed by atoms with van der Waals surface area (Å²) < 4.78 is 3.99. The SMILES string of the molecule is CCCc1nnsc1C(=O)N1CCC[C@@H]1c1ccc(CN(C)C)cn1.